The van der Waals surface area contributed by atoms with Gasteiger partial charge in [0.1, 0.15) is 6.26 Å². The largest absolute Gasteiger partial charge is 0.447 e. The van der Waals surface area contributed by atoms with Gasteiger partial charge in [-0.15, -0.1) is 0 Å². The molecule has 2 fully saturated rings. The lowest BCUT2D eigenvalue weighted by Crippen LogP contribution is -2.48. The molecule has 9 nitrogen and oxygen atoms in total. The van der Waals surface area contributed by atoms with Crippen molar-refractivity contribution in [1.29, 1.82) is 0 Å². The van der Waals surface area contributed by atoms with Crippen molar-refractivity contribution in [3.63, 3.8) is 0 Å². The molecule has 3 heterocycles. The number of nitrogens with zero attached hydrogens (tertiary/aromatic N) is 4. The van der Waals surface area contributed by atoms with Gasteiger partial charge in [-0.25, -0.2) is 4.98 Å². The number of rotatable bonds is 9. The van der Waals surface area contributed by atoms with E-state index >= 15 is 0 Å². The summed E-state index contributed by atoms with van der Waals surface area (Å²) >= 11 is 0. The number of β-amino-alcohol motifs (C(OH)–C–C–N with tert-alkyl or cyclic N) is 1. The number of amides is 1. The molecule has 0 spiro atoms. The minimum atomic E-state index is -0.458. The fourth-order valence-corrected chi connectivity index (χ4v) is 3.52. The van der Waals surface area contributed by atoms with Gasteiger partial charge >= 0.3 is 0 Å². The van der Waals surface area contributed by atoms with Crippen molar-refractivity contribution in [1.82, 2.24) is 19.7 Å². The van der Waals surface area contributed by atoms with Gasteiger partial charge in [-0.3, -0.25) is 14.6 Å². The Morgan fingerprint density at radius 2 is 1.83 bits per heavy atom. The second-order valence-corrected chi connectivity index (χ2v) is 8.19. The first-order valence-corrected chi connectivity index (χ1v) is 10.5. The van der Waals surface area contributed by atoms with Crippen LogP contribution in [0.3, 0.4) is 0 Å². The average Bonchev–Trinajstić information content (AvgIpc) is 3.18. The number of aliphatic hydroxyl groups is 1. The number of piperazine rings is 1. The summed E-state index contributed by atoms with van der Waals surface area (Å²) in [6.07, 6.45) is 0.998. The number of ether oxygens (including phenoxy) is 2. The molecule has 0 radical (unpaired) electrons. The fraction of sp³-hybridized carbons (Fsp3) is 0.800. The number of morpholine rings is 1. The van der Waals surface area contributed by atoms with Crippen molar-refractivity contribution in [2.24, 2.45) is 5.92 Å². The van der Waals surface area contributed by atoms with Gasteiger partial charge in [-0.2, -0.15) is 0 Å². The maximum absolute atomic E-state index is 12.5. The fourth-order valence-electron chi connectivity index (χ4n) is 3.52. The molecule has 1 atom stereocenters. The Kier molecular flexibility index (Phi) is 8.43. The third-order valence-electron chi connectivity index (χ3n) is 5.12. The Balaban J connectivity index is 1.37. The van der Waals surface area contributed by atoms with E-state index in [0.717, 1.165) is 26.2 Å². The highest BCUT2D eigenvalue weighted by Gasteiger charge is 2.24. The molecular weight excluding hydrogens is 376 g/mol. The van der Waals surface area contributed by atoms with E-state index in [1.807, 2.05) is 0 Å². The third-order valence-corrected chi connectivity index (χ3v) is 5.12. The first kappa shape index (κ1) is 22.2. The monoisotopic (exact) mass is 410 g/mol. The molecule has 164 valence electrons. The van der Waals surface area contributed by atoms with E-state index in [2.05, 4.69) is 28.6 Å². The quantitative estimate of drug-likeness (QED) is 0.622. The summed E-state index contributed by atoms with van der Waals surface area (Å²) < 4.78 is 16.3. The minimum Gasteiger partial charge on any atom is -0.447 e. The van der Waals surface area contributed by atoms with Crippen molar-refractivity contribution in [3.8, 4) is 0 Å². The van der Waals surface area contributed by atoms with Gasteiger partial charge in [0.25, 0.3) is 5.91 Å². The molecule has 1 aromatic rings. The Labute approximate surface area is 172 Å². The lowest BCUT2D eigenvalue weighted by molar-refractivity contribution is -0.000850. The number of oxazole rings is 1. The number of carbonyl (C=O) groups is 1. The van der Waals surface area contributed by atoms with Crippen molar-refractivity contribution < 1.29 is 23.8 Å². The van der Waals surface area contributed by atoms with Crippen LogP contribution in [-0.2, 0) is 16.0 Å². The van der Waals surface area contributed by atoms with Crippen LogP contribution < -0.4 is 0 Å². The number of aromatic nitrogens is 1. The zero-order valence-electron chi connectivity index (χ0n) is 17.6. The number of aliphatic hydroxyl groups excluding tert-OH is 1. The van der Waals surface area contributed by atoms with Gasteiger partial charge in [0.2, 0.25) is 5.89 Å². The molecule has 2 aliphatic heterocycles. The van der Waals surface area contributed by atoms with Gasteiger partial charge in [0.15, 0.2) is 5.69 Å². The van der Waals surface area contributed by atoms with E-state index in [-0.39, 0.29) is 5.91 Å². The summed E-state index contributed by atoms with van der Waals surface area (Å²) in [7, 11) is 0. The standard InChI is InChI=1S/C20H34N4O5/c1-16(2)13-28-14-17(25)11-22-3-5-23(6-4-22)12-19-21-18(15-29-19)20(26)24-7-9-27-10-8-24/h15-17,25H,3-14H2,1-2H3. The van der Waals surface area contributed by atoms with Crippen molar-refractivity contribution in [2.75, 3.05) is 72.2 Å². The zero-order valence-corrected chi connectivity index (χ0v) is 17.6. The first-order valence-electron chi connectivity index (χ1n) is 10.5. The second kappa shape index (κ2) is 11.0. The topological polar surface area (TPSA) is 91.5 Å². The van der Waals surface area contributed by atoms with Gasteiger partial charge < -0.3 is 23.9 Å². The molecule has 29 heavy (non-hydrogen) atoms. The van der Waals surface area contributed by atoms with Crippen LogP contribution in [0.1, 0.15) is 30.2 Å². The molecule has 1 aromatic heterocycles. The highest BCUT2D eigenvalue weighted by Crippen LogP contribution is 2.12. The minimum absolute atomic E-state index is 0.0956. The van der Waals surface area contributed by atoms with Crippen LogP contribution in [0.25, 0.3) is 0 Å². The Morgan fingerprint density at radius 3 is 2.52 bits per heavy atom. The van der Waals surface area contributed by atoms with Crippen LogP contribution in [0.2, 0.25) is 0 Å². The smallest absolute Gasteiger partial charge is 0.275 e. The summed E-state index contributed by atoms with van der Waals surface area (Å²) in [5.41, 5.74) is 0.366. The van der Waals surface area contributed by atoms with E-state index in [1.165, 1.54) is 6.26 Å². The maximum Gasteiger partial charge on any atom is 0.275 e. The van der Waals surface area contributed by atoms with Gasteiger partial charge in [0.05, 0.1) is 32.5 Å². The van der Waals surface area contributed by atoms with E-state index in [4.69, 9.17) is 13.9 Å². The van der Waals surface area contributed by atoms with E-state index in [9.17, 15) is 9.90 Å². The Hall–Kier alpha value is -1.52. The summed E-state index contributed by atoms with van der Waals surface area (Å²) in [6.45, 7) is 12.3. The van der Waals surface area contributed by atoms with Gasteiger partial charge in [-0.05, 0) is 5.92 Å². The van der Waals surface area contributed by atoms with E-state index < -0.39 is 6.10 Å². The summed E-state index contributed by atoms with van der Waals surface area (Å²) in [5.74, 6) is 0.949. The van der Waals surface area contributed by atoms with Crippen molar-refractivity contribution >= 4 is 5.91 Å². The molecule has 1 unspecified atom stereocenters. The summed E-state index contributed by atoms with van der Waals surface area (Å²) in [5, 5.41) is 10.1. The van der Waals surface area contributed by atoms with Crippen LogP contribution in [0.5, 0.6) is 0 Å². The SMILES string of the molecule is CC(C)COCC(O)CN1CCN(Cc2nc(C(=O)N3CCOCC3)co2)CC1. The van der Waals surface area contributed by atoms with E-state index in [0.29, 0.717) is 70.1 Å². The summed E-state index contributed by atoms with van der Waals surface area (Å²) in [4.78, 5) is 23.1. The van der Waals surface area contributed by atoms with E-state index in [1.54, 1.807) is 4.90 Å². The third kappa shape index (κ3) is 7.04. The first-order chi connectivity index (χ1) is 14.0. The Bertz CT molecular complexity index is 624. The summed E-state index contributed by atoms with van der Waals surface area (Å²) in [6, 6.07) is 0. The molecule has 0 aromatic carbocycles. The predicted molar refractivity (Wildman–Crippen MR) is 107 cm³/mol. The van der Waals surface area contributed by atoms with Crippen LogP contribution in [-0.4, -0.2) is 109 Å². The second-order valence-electron chi connectivity index (χ2n) is 8.19. The zero-order chi connectivity index (χ0) is 20.6. The van der Waals surface area contributed by atoms with Crippen molar-refractivity contribution in [2.45, 2.75) is 26.5 Å². The number of hydrogen-bond acceptors (Lipinski definition) is 8. The average molecular weight is 411 g/mol. The lowest BCUT2D eigenvalue weighted by Gasteiger charge is -2.34. The van der Waals surface area contributed by atoms with Crippen LogP contribution in [0.4, 0.5) is 0 Å². The Morgan fingerprint density at radius 1 is 1.14 bits per heavy atom. The maximum atomic E-state index is 12.5. The molecule has 0 saturated carbocycles. The molecule has 0 bridgehead atoms. The molecule has 3 rings (SSSR count). The highest BCUT2D eigenvalue weighted by molar-refractivity contribution is 5.92. The molecule has 0 aliphatic carbocycles. The van der Waals surface area contributed by atoms with Crippen LogP contribution in [0.15, 0.2) is 10.7 Å². The van der Waals surface area contributed by atoms with Gasteiger partial charge in [0, 0.05) is 52.4 Å². The van der Waals surface area contributed by atoms with Crippen LogP contribution >= 0.6 is 0 Å². The highest BCUT2D eigenvalue weighted by atomic mass is 16.5. The predicted octanol–water partition coefficient (Wildman–Crippen LogP) is 0.298. The number of carbonyl (C=O) groups excluding carboxylic acids is 1. The lowest BCUT2D eigenvalue weighted by atomic mass is 10.2. The number of hydrogen-bond donors (Lipinski definition) is 1. The molecule has 1 amide bonds. The molecule has 2 saturated heterocycles. The van der Waals surface area contributed by atoms with Crippen LogP contribution in [0, 0.1) is 5.92 Å². The molecule has 1 N–H and O–H groups in total. The molecule has 2 aliphatic rings. The molecular formula is C20H34N4O5. The molecule has 9 heteroatoms. The van der Waals surface area contributed by atoms with Crippen molar-refractivity contribution in [3.05, 3.63) is 17.8 Å². The normalized spacial score (nSPS) is 20.3. The van der Waals surface area contributed by atoms with Gasteiger partial charge in [-0.1, -0.05) is 13.8 Å².